The Morgan fingerprint density at radius 2 is 2.00 bits per heavy atom. The van der Waals surface area contributed by atoms with Gasteiger partial charge in [-0.05, 0) is 33.1 Å². The van der Waals surface area contributed by atoms with E-state index in [9.17, 15) is 0 Å². The van der Waals surface area contributed by atoms with Gasteiger partial charge in [-0.25, -0.2) is 0 Å². The fourth-order valence-corrected chi connectivity index (χ4v) is 2.88. The van der Waals surface area contributed by atoms with Gasteiger partial charge in [-0.2, -0.15) is 0 Å². The van der Waals surface area contributed by atoms with Gasteiger partial charge in [0.15, 0.2) is 0 Å². The zero-order chi connectivity index (χ0) is 7.35. The van der Waals surface area contributed by atoms with Crippen LogP contribution in [0.3, 0.4) is 0 Å². The minimum atomic E-state index is 0.586. The van der Waals surface area contributed by atoms with E-state index in [2.05, 4.69) is 20.8 Å². The molecule has 0 amide bonds. The minimum absolute atomic E-state index is 0.586. The van der Waals surface area contributed by atoms with Crippen molar-refractivity contribution < 1.29 is 0 Å². The first-order valence-corrected chi connectivity index (χ1v) is 4.46. The molecule has 0 radical (unpaired) electrons. The van der Waals surface area contributed by atoms with Crippen molar-refractivity contribution in [2.45, 2.75) is 40.0 Å². The largest absolute Gasteiger partial charge is 0.108 e. The fraction of sp³-hybridized carbons (Fsp3) is 0.900. The van der Waals surface area contributed by atoms with E-state index in [1.807, 2.05) is 0 Å². The van der Waals surface area contributed by atoms with Crippen molar-refractivity contribution in [1.29, 1.82) is 0 Å². The highest BCUT2D eigenvalue weighted by Crippen LogP contribution is 2.60. The van der Waals surface area contributed by atoms with Gasteiger partial charge >= 0.3 is 0 Å². The first kappa shape index (κ1) is 6.57. The number of hydrogen-bond acceptors (Lipinski definition) is 0. The summed E-state index contributed by atoms with van der Waals surface area (Å²) >= 11 is 0. The molecule has 0 saturated heterocycles. The fourth-order valence-electron chi connectivity index (χ4n) is 2.88. The van der Waals surface area contributed by atoms with E-state index in [0.29, 0.717) is 5.41 Å². The topological polar surface area (TPSA) is 0 Å². The molecule has 2 fully saturated rings. The van der Waals surface area contributed by atoms with Crippen LogP contribution in [0.1, 0.15) is 40.0 Å². The van der Waals surface area contributed by atoms with Gasteiger partial charge in [-0.15, -0.1) is 0 Å². The Bertz CT molecular complexity index is 142. The SMILES string of the molecule is C[C+]1[C@@H]2CC[C@@H](C2)C1(C)C. The van der Waals surface area contributed by atoms with Gasteiger partial charge in [0, 0.05) is 5.92 Å². The first-order chi connectivity index (χ1) is 4.62. The monoisotopic (exact) mass is 137 g/mol. The second-order valence-electron chi connectivity index (χ2n) is 4.61. The molecule has 0 nitrogen and oxygen atoms in total. The smallest absolute Gasteiger partial charge is 0.0413 e. The molecule has 2 bridgehead atoms. The van der Waals surface area contributed by atoms with Crippen molar-refractivity contribution in [1.82, 2.24) is 0 Å². The molecule has 0 aromatic heterocycles. The van der Waals surface area contributed by atoms with Crippen molar-refractivity contribution in [2.24, 2.45) is 17.3 Å². The van der Waals surface area contributed by atoms with Crippen LogP contribution in [0, 0.1) is 23.2 Å². The van der Waals surface area contributed by atoms with E-state index >= 15 is 0 Å². The summed E-state index contributed by atoms with van der Waals surface area (Å²) in [5.41, 5.74) is 0.586. The van der Waals surface area contributed by atoms with Crippen LogP contribution in [-0.2, 0) is 0 Å². The molecule has 0 heterocycles. The Morgan fingerprint density at radius 1 is 1.30 bits per heavy atom. The Labute approximate surface area is 64.0 Å². The van der Waals surface area contributed by atoms with E-state index in [-0.39, 0.29) is 0 Å². The van der Waals surface area contributed by atoms with E-state index in [1.54, 1.807) is 5.92 Å². The summed E-state index contributed by atoms with van der Waals surface area (Å²) in [5, 5.41) is 0. The molecule has 0 aromatic carbocycles. The van der Waals surface area contributed by atoms with Crippen LogP contribution in [0.2, 0.25) is 0 Å². The highest BCUT2D eigenvalue weighted by atomic mass is 14.5. The molecular weight excluding hydrogens is 120 g/mol. The van der Waals surface area contributed by atoms with Gasteiger partial charge in [0.2, 0.25) is 0 Å². The van der Waals surface area contributed by atoms with Crippen LogP contribution in [-0.4, -0.2) is 0 Å². The van der Waals surface area contributed by atoms with Crippen molar-refractivity contribution in [2.75, 3.05) is 0 Å². The average molecular weight is 137 g/mol. The standard InChI is InChI=1S/C10H17/c1-7-8-4-5-9(6-8)10(7,2)3/h8-9H,4-6H2,1-3H3/q+1/t8-,9+/m1/s1. The third kappa shape index (κ3) is 0.601. The van der Waals surface area contributed by atoms with Crippen LogP contribution in [0.4, 0.5) is 0 Å². The molecule has 2 atom stereocenters. The van der Waals surface area contributed by atoms with Crippen LogP contribution >= 0.6 is 0 Å². The summed E-state index contributed by atoms with van der Waals surface area (Å²) in [7, 11) is 0. The lowest BCUT2D eigenvalue weighted by Crippen LogP contribution is -2.26. The van der Waals surface area contributed by atoms with Crippen molar-refractivity contribution in [3.05, 3.63) is 5.92 Å². The summed E-state index contributed by atoms with van der Waals surface area (Å²) in [6.07, 6.45) is 4.48. The molecule has 2 aliphatic carbocycles. The molecule has 10 heavy (non-hydrogen) atoms. The summed E-state index contributed by atoms with van der Waals surface area (Å²) in [4.78, 5) is 0. The summed E-state index contributed by atoms with van der Waals surface area (Å²) < 4.78 is 0. The van der Waals surface area contributed by atoms with Crippen LogP contribution in [0.15, 0.2) is 0 Å². The molecule has 0 unspecified atom stereocenters. The second-order valence-corrected chi connectivity index (χ2v) is 4.61. The maximum Gasteiger partial charge on any atom is 0.108 e. The zero-order valence-corrected chi connectivity index (χ0v) is 7.28. The molecule has 2 saturated carbocycles. The van der Waals surface area contributed by atoms with Crippen LogP contribution in [0.5, 0.6) is 0 Å². The van der Waals surface area contributed by atoms with Crippen molar-refractivity contribution in [3.63, 3.8) is 0 Å². The summed E-state index contributed by atoms with van der Waals surface area (Å²) in [6.45, 7) is 7.21. The van der Waals surface area contributed by atoms with Gasteiger partial charge in [-0.3, -0.25) is 0 Å². The van der Waals surface area contributed by atoms with E-state index in [0.717, 1.165) is 11.8 Å². The average Bonchev–Trinajstić information content (AvgIpc) is 2.37. The lowest BCUT2D eigenvalue weighted by molar-refractivity contribution is 0.249. The Balaban J connectivity index is 2.25. The third-order valence-corrected chi connectivity index (χ3v) is 4.08. The van der Waals surface area contributed by atoms with Gasteiger partial charge in [0.1, 0.15) is 11.3 Å². The molecule has 0 heteroatoms. The highest BCUT2D eigenvalue weighted by molar-refractivity contribution is 5.16. The summed E-state index contributed by atoms with van der Waals surface area (Å²) in [5.74, 6) is 3.81. The van der Waals surface area contributed by atoms with Crippen molar-refractivity contribution >= 4 is 0 Å². The van der Waals surface area contributed by atoms with Crippen LogP contribution in [0.25, 0.3) is 0 Å². The lowest BCUT2D eigenvalue weighted by Gasteiger charge is -2.26. The van der Waals surface area contributed by atoms with E-state index in [1.165, 1.54) is 19.3 Å². The zero-order valence-electron chi connectivity index (χ0n) is 7.28. The second kappa shape index (κ2) is 1.72. The Hall–Kier alpha value is -0.130. The highest BCUT2D eigenvalue weighted by Gasteiger charge is 2.59. The van der Waals surface area contributed by atoms with Gasteiger partial charge < -0.3 is 0 Å². The molecule has 2 aliphatic rings. The van der Waals surface area contributed by atoms with Crippen molar-refractivity contribution in [3.8, 4) is 0 Å². The predicted molar refractivity (Wildman–Crippen MR) is 43.5 cm³/mol. The number of fused-ring (bicyclic) bond motifs is 2. The summed E-state index contributed by atoms with van der Waals surface area (Å²) in [6, 6.07) is 0. The molecule has 0 N–H and O–H groups in total. The quantitative estimate of drug-likeness (QED) is 0.450. The normalized spacial score (nSPS) is 42.9. The number of hydrogen-bond donors (Lipinski definition) is 0. The van der Waals surface area contributed by atoms with Gasteiger partial charge in [0.05, 0.1) is 12.8 Å². The Morgan fingerprint density at radius 3 is 2.30 bits per heavy atom. The Kier molecular flexibility index (Phi) is 1.13. The molecule has 0 aliphatic heterocycles. The van der Waals surface area contributed by atoms with Gasteiger partial charge in [-0.1, -0.05) is 0 Å². The minimum Gasteiger partial charge on any atom is -0.0413 e. The molecular formula is C10H17+. The maximum atomic E-state index is 2.42. The molecule has 0 aromatic rings. The molecule has 0 spiro atoms. The predicted octanol–water partition coefficient (Wildman–Crippen LogP) is 3.04. The maximum absolute atomic E-state index is 2.42. The van der Waals surface area contributed by atoms with Gasteiger partial charge in [0.25, 0.3) is 0 Å². The number of rotatable bonds is 0. The third-order valence-electron chi connectivity index (χ3n) is 4.08. The lowest BCUT2D eigenvalue weighted by atomic mass is 9.70. The molecule has 2 rings (SSSR count). The first-order valence-electron chi connectivity index (χ1n) is 4.46. The van der Waals surface area contributed by atoms with E-state index < -0.39 is 0 Å². The van der Waals surface area contributed by atoms with E-state index in [4.69, 9.17) is 0 Å². The molecule has 56 valence electrons. The van der Waals surface area contributed by atoms with Crippen LogP contribution < -0.4 is 0 Å².